The lowest BCUT2D eigenvalue weighted by atomic mass is 10.1. The second-order valence-corrected chi connectivity index (χ2v) is 9.39. The Kier molecular flexibility index (Phi) is 7.69. The number of hydrogen-bond donors (Lipinski definition) is 1. The van der Waals surface area contributed by atoms with Gasteiger partial charge in [-0.15, -0.1) is 0 Å². The Morgan fingerprint density at radius 2 is 1.73 bits per heavy atom. The molecule has 1 N–H and O–H groups in total. The van der Waals surface area contributed by atoms with Crippen LogP contribution in [0.15, 0.2) is 71.6 Å². The number of thioether (sulfide) groups is 1. The lowest BCUT2D eigenvalue weighted by Gasteiger charge is -2.13. The lowest BCUT2D eigenvalue weighted by Crippen LogP contribution is -2.36. The first-order valence-electron chi connectivity index (χ1n) is 11.3. The van der Waals surface area contributed by atoms with Crippen molar-refractivity contribution >= 4 is 46.3 Å². The highest BCUT2D eigenvalue weighted by molar-refractivity contribution is 8.18. The van der Waals surface area contributed by atoms with Gasteiger partial charge in [0.05, 0.1) is 9.83 Å². The largest absolute Gasteiger partial charge is 0.489 e. The Labute approximate surface area is 217 Å². The molecule has 188 valence electrons. The van der Waals surface area contributed by atoms with E-state index < -0.39 is 22.0 Å². The van der Waals surface area contributed by atoms with E-state index in [9.17, 15) is 24.5 Å². The molecule has 0 aliphatic carbocycles. The third-order valence-electron chi connectivity index (χ3n) is 5.70. The summed E-state index contributed by atoms with van der Waals surface area (Å²) in [5.41, 5.74) is 4.21. The molecule has 4 rings (SSSR count). The third kappa shape index (κ3) is 6.42. The van der Waals surface area contributed by atoms with E-state index in [0.717, 1.165) is 33.4 Å². The van der Waals surface area contributed by atoms with Gasteiger partial charge in [-0.05, 0) is 90.3 Å². The highest BCUT2D eigenvalue weighted by atomic mass is 32.2. The number of nitrogens with one attached hydrogen (secondary N) is 1. The van der Waals surface area contributed by atoms with Gasteiger partial charge < -0.3 is 10.1 Å². The number of amides is 3. The predicted octanol–water partition coefficient (Wildman–Crippen LogP) is 5.47. The van der Waals surface area contributed by atoms with Crippen LogP contribution in [0.25, 0.3) is 6.08 Å². The fourth-order valence-electron chi connectivity index (χ4n) is 3.49. The smallest absolute Gasteiger partial charge is 0.294 e. The Bertz CT molecular complexity index is 1400. The van der Waals surface area contributed by atoms with E-state index in [1.54, 1.807) is 48.5 Å². The molecule has 1 aliphatic rings. The van der Waals surface area contributed by atoms with Gasteiger partial charge in [0.25, 0.3) is 16.8 Å². The highest BCUT2D eigenvalue weighted by Crippen LogP contribution is 2.32. The molecule has 1 saturated heterocycles. The SMILES string of the molecule is Cc1ccc(NC(=O)CN2C(=O)S/C(=C/c3ccc(OCc4ccc([N+](=O)[O-])cc4)cc3)C2=O)cc1C. The van der Waals surface area contributed by atoms with Gasteiger partial charge in [0, 0.05) is 17.8 Å². The number of ether oxygens (including phenoxy) is 1. The predicted molar refractivity (Wildman–Crippen MR) is 141 cm³/mol. The molecule has 37 heavy (non-hydrogen) atoms. The fourth-order valence-corrected chi connectivity index (χ4v) is 4.33. The second-order valence-electron chi connectivity index (χ2n) is 8.40. The first-order valence-corrected chi connectivity index (χ1v) is 12.1. The number of benzene rings is 3. The Morgan fingerprint density at radius 3 is 2.38 bits per heavy atom. The summed E-state index contributed by atoms with van der Waals surface area (Å²) in [7, 11) is 0. The van der Waals surface area contributed by atoms with E-state index in [1.807, 2.05) is 26.0 Å². The van der Waals surface area contributed by atoms with Gasteiger partial charge in [-0.1, -0.05) is 18.2 Å². The standard InChI is InChI=1S/C27H23N3O6S/c1-17-3-8-21(13-18(17)2)28-25(31)15-29-26(32)24(37-27(29)33)14-19-6-11-23(12-7-19)36-16-20-4-9-22(10-5-20)30(34)35/h3-14H,15-16H2,1-2H3,(H,28,31)/b24-14+. The van der Waals surface area contributed by atoms with Crippen LogP contribution in [0.5, 0.6) is 5.75 Å². The number of rotatable bonds is 8. The molecule has 3 aromatic carbocycles. The molecule has 0 atom stereocenters. The zero-order valence-corrected chi connectivity index (χ0v) is 20.9. The van der Waals surface area contributed by atoms with Crippen molar-refractivity contribution < 1.29 is 24.0 Å². The van der Waals surface area contributed by atoms with Gasteiger partial charge in [-0.2, -0.15) is 0 Å². The van der Waals surface area contributed by atoms with Gasteiger partial charge >= 0.3 is 0 Å². The van der Waals surface area contributed by atoms with E-state index in [2.05, 4.69) is 5.32 Å². The van der Waals surface area contributed by atoms with Crippen LogP contribution < -0.4 is 10.1 Å². The van der Waals surface area contributed by atoms with Crippen LogP contribution in [-0.2, 0) is 16.2 Å². The molecule has 3 aromatic rings. The van der Waals surface area contributed by atoms with Crippen LogP contribution in [0, 0.1) is 24.0 Å². The first-order chi connectivity index (χ1) is 17.7. The topological polar surface area (TPSA) is 119 Å². The summed E-state index contributed by atoms with van der Waals surface area (Å²) in [4.78, 5) is 49.0. The Hall–Kier alpha value is -4.44. The van der Waals surface area contributed by atoms with Crippen molar-refractivity contribution in [1.82, 2.24) is 4.90 Å². The van der Waals surface area contributed by atoms with Crippen LogP contribution in [0.2, 0.25) is 0 Å². The van der Waals surface area contributed by atoms with Gasteiger partial charge in [0.2, 0.25) is 5.91 Å². The molecule has 10 heteroatoms. The number of anilines is 1. The number of nitrogens with zero attached hydrogens (tertiary/aromatic N) is 2. The first kappa shape index (κ1) is 25.6. The zero-order chi connectivity index (χ0) is 26.5. The second kappa shape index (κ2) is 11.1. The summed E-state index contributed by atoms with van der Waals surface area (Å²) >= 11 is 0.784. The molecule has 0 saturated carbocycles. The molecule has 0 aromatic heterocycles. The summed E-state index contributed by atoms with van der Waals surface area (Å²) in [6, 6.07) is 18.5. The van der Waals surface area contributed by atoms with E-state index in [-0.39, 0.29) is 23.7 Å². The zero-order valence-electron chi connectivity index (χ0n) is 20.1. The number of carbonyl (C=O) groups excluding carboxylic acids is 3. The van der Waals surface area contributed by atoms with Crippen molar-refractivity contribution in [3.8, 4) is 5.75 Å². The molecule has 0 bridgehead atoms. The molecule has 0 spiro atoms. The minimum atomic E-state index is -0.524. The van der Waals surface area contributed by atoms with Crippen LogP contribution >= 0.6 is 11.8 Å². The summed E-state index contributed by atoms with van der Waals surface area (Å²) in [5.74, 6) is -0.406. The molecule has 0 unspecified atom stereocenters. The van der Waals surface area contributed by atoms with Gasteiger partial charge in [0.15, 0.2) is 0 Å². The quantitative estimate of drug-likeness (QED) is 0.239. The average molecular weight is 518 g/mol. The van der Waals surface area contributed by atoms with Crippen molar-refractivity contribution in [3.05, 3.63) is 104 Å². The van der Waals surface area contributed by atoms with E-state index in [1.165, 1.54) is 12.1 Å². The van der Waals surface area contributed by atoms with Gasteiger partial charge in [0.1, 0.15) is 18.9 Å². The maximum atomic E-state index is 12.8. The summed E-state index contributed by atoms with van der Waals surface area (Å²) < 4.78 is 5.71. The number of nitro benzene ring substituents is 1. The van der Waals surface area contributed by atoms with E-state index in [0.29, 0.717) is 17.0 Å². The molecule has 3 amide bonds. The Morgan fingerprint density at radius 1 is 1.03 bits per heavy atom. The van der Waals surface area contributed by atoms with Crippen molar-refractivity contribution in [2.45, 2.75) is 20.5 Å². The molecular formula is C27H23N3O6S. The number of non-ortho nitro benzene ring substituents is 1. The van der Waals surface area contributed by atoms with E-state index >= 15 is 0 Å². The molecule has 1 heterocycles. The number of carbonyl (C=O) groups is 3. The van der Waals surface area contributed by atoms with Gasteiger partial charge in [-0.25, -0.2) is 0 Å². The lowest BCUT2D eigenvalue weighted by molar-refractivity contribution is -0.384. The average Bonchev–Trinajstić information content (AvgIpc) is 3.13. The molecule has 0 radical (unpaired) electrons. The van der Waals surface area contributed by atoms with Crippen molar-refractivity contribution in [2.24, 2.45) is 0 Å². The highest BCUT2D eigenvalue weighted by Gasteiger charge is 2.36. The number of aryl methyl sites for hydroxylation is 2. The van der Waals surface area contributed by atoms with Crippen LogP contribution in [-0.4, -0.2) is 33.4 Å². The maximum Gasteiger partial charge on any atom is 0.294 e. The Balaban J connectivity index is 1.34. The summed E-state index contributed by atoms with van der Waals surface area (Å²) in [6.07, 6.45) is 1.59. The number of imide groups is 1. The summed E-state index contributed by atoms with van der Waals surface area (Å²) in [6.45, 7) is 3.77. The van der Waals surface area contributed by atoms with Crippen molar-refractivity contribution in [1.29, 1.82) is 0 Å². The van der Waals surface area contributed by atoms with Crippen LogP contribution in [0.1, 0.15) is 22.3 Å². The maximum absolute atomic E-state index is 12.8. The molecular weight excluding hydrogens is 494 g/mol. The minimum absolute atomic E-state index is 0.0134. The van der Waals surface area contributed by atoms with Crippen LogP contribution in [0.4, 0.5) is 16.2 Å². The van der Waals surface area contributed by atoms with E-state index in [4.69, 9.17) is 4.74 Å². The van der Waals surface area contributed by atoms with Crippen molar-refractivity contribution in [3.63, 3.8) is 0 Å². The third-order valence-corrected chi connectivity index (χ3v) is 6.60. The normalized spacial score (nSPS) is 14.2. The monoisotopic (exact) mass is 517 g/mol. The fraction of sp³-hybridized carbons (Fsp3) is 0.148. The van der Waals surface area contributed by atoms with Crippen LogP contribution in [0.3, 0.4) is 0 Å². The number of hydrogen-bond acceptors (Lipinski definition) is 7. The number of nitro groups is 1. The molecule has 1 aliphatic heterocycles. The summed E-state index contributed by atoms with van der Waals surface area (Å²) in [5, 5.41) is 13.0. The van der Waals surface area contributed by atoms with Crippen molar-refractivity contribution in [2.75, 3.05) is 11.9 Å². The van der Waals surface area contributed by atoms with Gasteiger partial charge in [-0.3, -0.25) is 29.4 Å². The molecule has 9 nitrogen and oxygen atoms in total. The molecule has 1 fully saturated rings. The minimum Gasteiger partial charge on any atom is -0.489 e.